The topological polar surface area (TPSA) is 72.2 Å². The van der Waals surface area contributed by atoms with Gasteiger partial charge in [-0.3, -0.25) is 9.36 Å². The monoisotopic (exact) mass is 290 g/mol. The zero-order chi connectivity index (χ0) is 14.4. The predicted octanol–water partition coefficient (Wildman–Crippen LogP) is 1.44. The van der Waals surface area contributed by atoms with Crippen molar-refractivity contribution in [3.05, 3.63) is 61.5 Å². The third kappa shape index (κ3) is 1.69. The lowest BCUT2D eigenvalue weighted by molar-refractivity contribution is 0.924. The molecule has 0 saturated carbocycles. The average Bonchev–Trinajstić information content (AvgIpc) is 2.80. The summed E-state index contributed by atoms with van der Waals surface area (Å²) in [6.45, 7) is 3.74. The van der Waals surface area contributed by atoms with Crippen LogP contribution in [-0.4, -0.2) is 19.2 Å². The van der Waals surface area contributed by atoms with Gasteiger partial charge in [-0.05, 0) is 31.0 Å². The van der Waals surface area contributed by atoms with Crippen LogP contribution in [0.4, 0.5) is 0 Å². The number of fused-ring (bicyclic) bond motifs is 1. The van der Waals surface area contributed by atoms with Gasteiger partial charge in [0, 0.05) is 17.4 Å². The molecule has 6 nitrogen and oxygen atoms in total. The van der Waals surface area contributed by atoms with E-state index >= 15 is 0 Å². The summed E-state index contributed by atoms with van der Waals surface area (Å²) >= 11 is 6.12. The molecule has 0 atom stereocenters. The molecule has 0 amide bonds. The van der Waals surface area contributed by atoms with Crippen molar-refractivity contribution >= 4 is 17.2 Å². The molecule has 1 aromatic carbocycles. The van der Waals surface area contributed by atoms with Gasteiger partial charge in [0.15, 0.2) is 0 Å². The molecule has 0 aliphatic carbocycles. The summed E-state index contributed by atoms with van der Waals surface area (Å²) in [5.74, 6) is 0. The number of aromatic amines is 1. The molecule has 0 fully saturated rings. The Bertz CT molecular complexity index is 936. The van der Waals surface area contributed by atoms with Crippen LogP contribution in [0.2, 0.25) is 5.02 Å². The van der Waals surface area contributed by atoms with Crippen LogP contribution >= 0.6 is 11.6 Å². The van der Waals surface area contributed by atoms with Crippen LogP contribution in [0.5, 0.6) is 0 Å². The van der Waals surface area contributed by atoms with Crippen molar-refractivity contribution in [3.8, 4) is 5.69 Å². The predicted molar refractivity (Wildman–Crippen MR) is 75.9 cm³/mol. The van der Waals surface area contributed by atoms with Crippen LogP contribution in [0.3, 0.4) is 0 Å². The van der Waals surface area contributed by atoms with E-state index in [1.807, 2.05) is 19.9 Å². The fraction of sp³-hybridized carbons (Fsp3) is 0.154. The van der Waals surface area contributed by atoms with Gasteiger partial charge in [-0.25, -0.2) is 14.3 Å². The van der Waals surface area contributed by atoms with Crippen LogP contribution in [-0.2, 0) is 0 Å². The molecule has 0 saturated heterocycles. The Kier molecular flexibility index (Phi) is 2.76. The minimum absolute atomic E-state index is 0.0521. The second-order valence-electron chi connectivity index (χ2n) is 4.53. The Morgan fingerprint density at radius 3 is 2.70 bits per heavy atom. The van der Waals surface area contributed by atoms with E-state index in [0.717, 1.165) is 11.1 Å². The number of aryl methyl sites for hydroxylation is 1. The lowest BCUT2D eigenvalue weighted by Gasteiger charge is -2.13. The molecular formula is C13H11ClN4O2. The second-order valence-corrected chi connectivity index (χ2v) is 4.94. The number of H-pyrrole nitrogens is 1. The lowest BCUT2D eigenvalue weighted by atomic mass is 10.1. The van der Waals surface area contributed by atoms with Gasteiger partial charge in [-0.1, -0.05) is 17.7 Å². The third-order valence-electron chi connectivity index (χ3n) is 3.29. The maximum Gasteiger partial charge on any atom is 0.347 e. The fourth-order valence-electron chi connectivity index (χ4n) is 2.26. The smallest absolute Gasteiger partial charge is 0.279 e. The molecule has 0 aliphatic rings. The van der Waals surface area contributed by atoms with Gasteiger partial charge in [0.05, 0.1) is 5.69 Å². The van der Waals surface area contributed by atoms with Gasteiger partial charge < -0.3 is 0 Å². The molecule has 0 bridgehead atoms. The fourth-order valence-corrected chi connectivity index (χ4v) is 2.41. The van der Waals surface area contributed by atoms with Crippen LogP contribution in [0.25, 0.3) is 11.3 Å². The van der Waals surface area contributed by atoms with E-state index in [2.05, 4.69) is 10.2 Å². The number of halogens is 1. The van der Waals surface area contributed by atoms with Crippen molar-refractivity contribution in [2.45, 2.75) is 13.8 Å². The summed E-state index contributed by atoms with van der Waals surface area (Å²) in [7, 11) is 0. The number of benzene rings is 1. The molecule has 102 valence electrons. The van der Waals surface area contributed by atoms with Crippen LogP contribution in [0.15, 0.2) is 34.1 Å². The van der Waals surface area contributed by atoms with Gasteiger partial charge in [-0.15, -0.1) is 5.10 Å². The summed E-state index contributed by atoms with van der Waals surface area (Å²) < 4.78 is 2.63. The molecule has 2 aromatic heterocycles. The van der Waals surface area contributed by atoms with E-state index in [4.69, 9.17) is 11.6 Å². The Balaban J connectivity index is 2.42. The molecule has 0 spiro atoms. The molecule has 7 heteroatoms. The number of hydrogen-bond acceptors (Lipinski definition) is 3. The van der Waals surface area contributed by atoms with Crippen LogP contribution < -0.4 is 11.2 Å². The van der Waals surface area contributed by atoms with E-state index in [0.29, 0.717) is 10.7 Å². The van der Waals surface area contributed by atoms with E-state index in [1.54, 1.807) is 6.07 Å². The number of aromatic nitrogens is 4. The first-order chi connectivity index (χ1) is 9.50. The van der Waals surface area contributed by atoms with Gasteiger partial charge >= 0.3 is 11.2 Å². The van der Waals surface area contributed by atoms with E-state index < -0.39 is 5.69 Å². The maximum absolute atomic E-state index is 12.4. The molecule has 3 aromatic rings. The Morgan fingerprint density at radius 2 is 1.95 bits per heavy atom. The van der Waals surface area contributed by atoms with E-state index in [9.17, 15) is 9.59 Å². The molecule has 20 heavy (non-hydrogen) atoms. The van der Waals surface area contributed by atoms with Crippen molar-refractivity contribution in [1.29, 1.82) is 0 Å². The molecule has 2 heterocycles. The van der Waals surface area contributed by atoms with Crippen LogP contribution in [0.1, 0.15) is 11.1 Å². The number of rotatable bonds is 1. The molecule has 3 rings (SSSR count). The van der Waals surface area contributed by atoms with Crippen molar-refractivity contribution in [1.82, 2.24) is 19.2 Å². The summed E-state index contributed by atoms with van der Waals surface area (Å²) in [4.78, 5) is 23.9. The maximum atomic E-state index is 12.4. The minimum atomic E-state index is -0.441. The summed E-state index contributed by atoms with van der Waals surface area (Å²) in [5.41, 5.74) is 1.66. The highest BCUT2D eigenvalue weighted by Crippen LogP contribution is 2.24. The molecule has 0 radical (unpaired) electrons. The van der Waals surface area contributed by atoms with E-state index in [1.165, 1.54) is 21.4 Å². The Morgan fingerprint density at radius 1 is 1.20 bits per heavy atom. The van der Waals surface area contributed by atoms with Crippen molar-refractivity contribution in [2.75, 3.05) is 0 Å². The zero-order valence-electron chi connectivity index (χ0n) is 10.8. The molecule has 0 unspecified atom stereocenters. The van der Waals surface area contributed by atoms with Crippen LogP contribution in [0, 0.1) is 13.8 Å². The van der Waals surface area contributed by atoms with Gasteiger partial charge in [0.1, 0.15) is 0 Å². The molecule has 0 aliphatic heterocycles. The molecule has 1 N–H and O–H groups in total. The number of nitrogens with zero attached hydrogens (tertiary/aromatic N) is 3. The number of nitrogens with one attached hydrogen (secondary N) is 1. The van der Waals surface area contributed by atoms with E-state index in [-0.39, 0.29) is 11.2 Å². The first kappa shape index (κ1) is 12.7. The lowest BCUT2D eigenvalue weighted by Crippen LogP contribution is -2.23. The van der Waals surface area contributed by atoms with Gasteiger partial charge in [0.2, 0.25) is 5.65 Å². The zero-order valence-corrected chi connectivity index (χ0v) is 11.6. The van der Waals surface area contributed by atoms with Gasteiger partial charge in [0.25, 0.3) is 0 Å². The first-order valence-electron chi connectivity index (χ1n) is 5.95. The standard InChI is InChI=1S/C13H11ClN4O2/c1-7-3-4-9(14)8(2)10(7)17-5-6-18-11(12(17)19)15-16-13(18)20/h3-6H,1-2H3,(H,16,20). The minimum Gasteiger partial charge on any atom is -0.279 e. The Hall–Kier alpha value is -2.34. The SMILES string of the molecule is Cc1ccc(Cl)c(C)c1-n1ccn2c(=O)[nH]nc2c1=O. The highest BCUT2D eigenvalue weighted by atomic mass is 35.5. The highest BCUT2D eigenvalue weighted by molar-refractivity contribution is 6.31. The summed E-state index contributed by atoms with van der Waals surface area (Å²) in [6, 6.07) is 3.64. The number of hydrogen-bond donors (Lipinski definition) is 1. The quantitative estimate of drug-likeness (QED) is 0.737. The summed E-state index contributed by atoms with van der Waals surface area (Å²) in [5, 5.41) is 6.58. The van der Waals surface area contributed by atoms with Crippen molar-refractivity contribution in [3.63, 3.8) is 0 Å². The summed E-state index contributed by atoms with van der Waals surface area (Å²) in [6.07, 6.45) is 3.04. The average molecular weight is 291 g/mol. The highest BCUT2D eigenvalue weighted by Gasteiger charge is 2.13. The second kappa shape index (κ2) is 4.35. The molecular weight excluding hydrogens is 280 g/mol. The normalized spacial score (nSPS) is 11.2. The van der Waals surface area contributed by atoms with Crippen molar-refractivity contribution in [2.24, 2.45) is 0 Å². The largest absolute Gasteiger partial charge is 0.347 e. The Labute approximate surface area is 118 Å². The van der Waals surface area contributed by atoms with Gasteiger partial charge in [-0.2, -0.15) is 0 Å². The first-order valence-corrected chi connectivity index (χ1v) is 6.33. The van der Waals surface area contributed by atoms with Crippen molar-refractivity contribution < 1.29 is 0 Å². The third-order valence-corrected chi connectivity index (χ3v) is 3.70.